The van der Waals surface area contributed by atoms with Crippen LogP contribution >= 0.6 is 0 Å². The van der Waals surface area contributed by atoms with Crippen LogP contribution in [0.1, 0.15) is 25.8 Å². The van der Waals surface area contributed by atoms with Crippen molar-refractivity contribution in [2.75, 3.05) is 11.4 Å². The molecule has 6 nitrogen and oxygen atoms in total. The summed E-state index contributed by atoms with van der Waals surface area (Å²) in [5.41, 5.74) is 1.29. The van der Waals surface area contributed by atoms with Gasteiger partial charge in [-0.05, 0) is 26.3 Å². The van der Waals surface area contributed by atoms with E-state index in [1.54, 1.807) is 30.9 Å². The zero-order chi connectivity index (χ0) is 14.6. The highest BCUT2D eigenvalue weighted by molar-refractivity contribution is 5.71. The molecule has 0 radical (unpaired) electrons. The summed E-state index contributed by atoms with van der Waals surface area (Å²) in [4.78, 5) is 23.2. The first-order valence-corrected chi connectivity index (χ1v) is 6.10. The van der Waals surface area contributed by atoms with Gasteiger partial charge in [-0.2, -0.15) is 0 Å². The van der Waals surface area contributed by atoms with E-state index in [0.29, 0.717) is 12.2 Å². The van der Waals surface area contributed by atoms with Crippen LogP contribution in [0.5, 0.6) is 0 Å². The van der Waals surface area contributed by atoms with Gasteiger partial charge in [0.25, 0.3) is 5.69 Å². The lowest BCUT2D eigenvalue weighted by Gasteiger charge is -2.30. The van der Waals surface area contributed by atoms with E-state index in [4.69, 9.17) is 5.11 Å². The summed E-state index contributed by atoms with van der Waals surface area (Å²) in [6.07, 6.45) is -0.0562. The molecule has 0 aliphatic rings. The van der Waals surface area contributed by atoms with Crippen LogP contribution in [0.2, 0.25) is 0 Å². The standard InChI is InChI=1S/C13H18N2O4/c1-4-14(10(3)8-12(16)17)13-9(2)6-5-7-11(13)15(18)19/h5-7,10H,4,8H2,1-3H3,(H,16,17). The summed E-state index contributed by atoms with van der Waals surface area (Å²) in [5.74, 6) is -0.915. The number of anilines is 1. The number of nitro benzene ring substituents is 1. The van der Waals surface area contributed by atoms with Gasteiger partial charge in [0.2, 0.25) is 0 Å². The van der Waals surface area contributed by atoms with Gasteiger partial charge in [-0.25, -0.2) is 0 Å². The van der Waals surface area contributed by atoms with Crippen molar-refractivity contribution in [1.82, 2.24) is 0 Å². The number of carboxylic acid groups (broad SMARTS) is 1. The zero-order valence-electron chi connectivity index (χ0n) is 11.3. The second kappa shape index (κ2) is 6.17. The largest absolute Gasteiger partial charge is 0.481 e. The fourth-order valence-electron chi connectivity index (χ4n) is 2.22. The van der Waals surface area contributed by atoms with Crippen molar-refractivity contribution < 1.29 is 14.8 Å². The average molecular weight is 266 g/mol. The third-order valence-corrected chi connectivity index (χ3v) is 3.04. The lowest BCUT2D eigenvalue weighted by Crippen LogP contribution is -2.35. The van der Waals surface area contributed by atoms with Crippen molar-refractivity contribution >= 4 is 17.3 Å². The molecule has 6 heteroatoms. The normalized spacial score (nSPS) is 11.9. The van der Waals surface area contributed by atoms with Crippen molar-refractivity contribution in [2.24, 2.45) is 0 Å². The number of nitro groups is 1. The molecule has 19 heavy (non-hydrogen) atoms. The van der Waals surface area contributed by atoms with Crippen LogP contribution in [0, 0.1) is 17.0 Å². The molecule has 0 aliphatic heterocycles. The lowest BCUT2D eigenvalue weighted by molar-refractivity contribution is -0.384. The smallest absolute Gasteiger partial charge is 0.305 e. The van der Waals surface area contributed by atoms with Crippen molar-refractivity contribution in [2.45, 2.75) is 33.2 Å². The Morgan fingerprint density at radius 1 is 1.53 bits per heavy atom. The SMILES string of the molecule is CCN(c1c(C)cccc1[N+](=O)[O-])C(C)CC(=O)O. The maximum absolute atomic E-state index is 11.1. The average Bonchev–Trinajstić information content (AvgIpc) is 2.30. The second-order valence-corrected chi connectivity index (χ2v) is 4.43. The van der Waals surface area contributed by atoms with Crippen molar-refractivity contribution in [3.8, 4) is 0 Å². The Morgan fingerprint density at radius 3 is 2.63 bits per heavy atom. The minimum absolute atomic E-state index is 0.0130. The molecule has 1 atom stereocenters. The predicted molar refractivity (Wildman–Crippen MR) is 72.6 cm³/mol. The maximum atomic E-state index is 11.1. The number of benzene rings is 1. The quantitative estimate of drug-likeness (QED) is 0.632. The van der Waals surface area contributed by atoms with E-state index < -0.39 is 10.9 Å². The molecule has 0 bridgehead atoms. The lowest BCUT2D eigenvalue weighted by atomic mass is 10.1. The number of para-hydroxylation sites is 1. The van der Waals surface area contributed by atoms with Gasteiger partial charge in [0, 0.05) is 18.7 Å². The van der Waals surface area contributed by atoms with Crippen LogP contribution in [0.3, 0.4) is 0 Å². The van der Waals surface area contributed by atoms with Crippen molar-refractivity contribution in [3.63, 3.8) is 0 Å². The number of aryl methyl sites for hydroxylation is 1. The summed E-state index contributed by atoms with van der Waals surface area (Å²) in [5, 5.41) is 20.0. The first-order valence-electron chi connectivity index (χ1n) is 6.10. The molecule has 0 saturated carbocycles. The molecule has 1 N–H and O–H groups in total. The van der Waals surface area contributed by atoms with Gasteiger partial charge in [-0.3, -0.25) is 14.9 Å². The molecular weight excluding hydrogens is 248 g/mol. The minimum Gasteiger partial charge on any atom is -0.481 e. The van der Waals surface area contributed by atoms with Crippen LogP contribution in [0.15, 0.2) is 18.2 Å². The van der Waals surface area contributed by atoms with E-state index >= 15 is 0 Å². The number of carboxylic acids is 1. The summed E-state index contributed by atoms with van der Waals surface area (Å²) in [6, 6.07) is 4.56. The molecular formula is C13H18N2O4. The Hall–Kier alpha value is -2.11. The van der Waals surface area contributed by atoms with E-state index in [1.165, 1.54) is 6.07 Å². The molecule has 104 valence electrons. The summed E-state index contributed by atoms with van der Waals surface area (Å²) in [6.45, 7) is 5.92. The highest BCUT2D eigenvalue weighted by atomic mass is 16.6. The fourth-order valence-corrected chi connectivity index (χ4v) is 2.22. The number of rotatable bonds is 6. The Balaban J connectivity index is 3.24. The number of nitrogens with zero attached hydrogens (tertiary/aromatic N) is 2. The molecule has 0 amide bonds. The molecule has 0 spiro atoms. The van der Waals surface area contributed by atoms with Crippen LogP contribution < -0.4 is 4.90 Å². The Labute approximate surface area is 111 Å². The molecule has 1 aromatic carbocycles. The van der Waals surface area contributed by atoms with E-state index in [-0.39, 0.29) is 18.2 Å². The Bertz CT molecular complexity index is 488. The first-order chi connectivity index (χ1) is 8.88. The maximum Gasteiger partial charge on any atom is 0.305 e. The van der Waals surface area contributed by atoms with Crippen LogP contribution in [-0.2, 0) is 4.79 Å². The number of carbonyl (C=O) groups is 1. The highest BCUT2D eigenvalue weighted by Gasteiger charge is 2.25. The van der Waals surface area contributed by atoms with Gasteiger partial charge in [-0.15, -0.1) is 0 Å². The molecule has 0 aromatic heterocycles. The molecule has 1 unspecified atom stereocenters. The first kappa shape index (κ1) is 14.9. The van der Waals surface area contributed by atoms with E-state index in [9.17, 15) is 14.9 Å². The number of hydrogen-bond acceptors (Lipinski definition) is 4. The second-order valence-electron chi connectivity index (χ2n) is 4.43. The molecule has 0 heterocycles. The fraction of sp³-hybridized carbons (Fsp3) is 0.462. The molecule has 1 rings (SSSR count). The van der Waals surface area contributed by atoms with Gasteiger partial charge in [0.15, 0.2) is 0 Å². The molecule has 0 aliphatic carbocycles. The minimum atomic E-state index is -0.915. The summed E-state index contributed by atoms with van der Waals surface area (Å²) >= 11 is 0. The van der Waals surface area contributed by atoms with Crippen LogP contribution in [-0.4, -0.2) is 28.6 Å². The molecule has 0 fully saturated rings. The van der Waals surface area contributed by atoms with E-state index in [0.717, 1.165) is 5.56 Å². The van der Waals surface area contributed by atoms with Gasteiger partial charge < -0.3 is 10.0 Å². The summed E-state index contributed by atoms with van der Waals surface area (Å²) in [7, 11) is 0. The topological polar surface area (TPSA) is 83.7 Å². The Morgan fingerprint density at radius 2 is 2.16 bits per heavy atom. The van der Waals surface area contributed by atoms with E-state index in [2.05, 4.69) is 0 Å². The third kappa shape index (κ3) is 3.43. The van der Waals surface area contributed by atoms with Gasteiger partial charge in [0.05, 0.1) is 11.3 Å². The molecule has 1 aromatic rings. The van der Waals surface area contributed by atoms with Crippen molar-refractivity contribution in [3.05, 3.63) is 33.9 Å². The predicted octanol–water partition coefficient (Wildman–Crippen LogP) is 2.59. The number of aliphatic carboxylic acids is 1. The van der Waals surface area contributed by atoms with Crippen molar-refractivity contribution in [1.29, 1.82) is 0 Å². The van der Waals surface area contributed by atoms with Crippen LogP contribution in [0.25, 0.3) is 0 Å². The molecule has 0 saturated heterocycles. The summed E-state index contributed by atoms with van der Waals surface area (Å²) < 4.78 is 0. The van der Waals surface area contributed by atoms with E-state index in [1.807, 2.05) is 6.92 Å². The van der Waals surface area contributed by atoms with Crippen LogP contribution in [0.4, 0.5) is 11.4 Å². The number of hydrogen-bond donors (Lipinski definition) is 1. The monoisotopic (exact) mass is 266 g/mol. The van der Waals surface area contributed by atoms with Gasteiger partial charge in [0.1, 0.15) is 5.69 Å². The highest BCUT2D eigenvalue weighted by Crippen LogP contribution is 2.33. The van der Waals surface area contributed by atoms with Gasteiger partial charge in [-0.1, -0.05) is 12.1 Å². The Kier molecular flexibility index (Phi) is 4.86. The van der Waals surface area contributed by atoms with Gasteiger partial charge >= 0.3 is 5.97 Å². The third-order valence-electron chi connectivity index (χ3n) is 3.04. The zero-order valence-corrected chi connectivity index (χ0v) is 11.3.